The highest BCUT2D eigenvalue weighted by Crippen LogP contribution is 2.26. The highest BCUT2D eigenvalue weighted by molar-refractivity contribution is 6.32. The van der Waals surface area contributed by atoms with Crippen molar-refractivity contribution in [2.45, 2.75) is 71.6 Å². The average Bonchev–Trinajstić information content (AvgIpc) is 2.68. The zero-order valence-corrected chi connectivity index (χ0v) is 18.4. The number of hydrogen-bond donors (Lipinski definition) is 0. The van der Waals surface area contributed by atoms with Gasteiger partial charge in [0, 0.05) is 25.1 Å². The number of hydrogen-bond acceptors (Lipinski definition) is 3. The average molecular weight is 406 g/mol. The fourth-order valence-electron chi connectivity index (χ4n) is 3.61. The first-order valence-corrected chi connectivity index (χ1v) is 11.4. The minimum atomic E-state index is 0.239. The summed E-state index contributed by atoms with van der Waals surface area (Å²) in [6, 6.07) is 5.78. The molecule has 0 amide bonds. The molecule has 0 saturated carbocycles. The van der Waals surface area contributed by atoms with Gasteiger partial charge in [0.2, 0.25) is 0 Å². The second-order valence-corrected chi connectivity index (χ2v) is 8.18. The number of piperidine rings is 1. The Bertz CT molecular complexity index is 641. The van der Waals surface area contributed by atoms with Gasteiger partial charge in [-0.25, -0.2) is 0 Å². The third-order valence-corrected chi connectivity index (χ3v) is 5.59. The van der Waals surface area contributed by atoms with Gasteiger partial charge in [0.25, 0.3) is 0 Å². The summed E-state index contributed by atoms with van der Waals surface area (Å²) in [5.41, 5.74) is 1.75. The molecule has 1 aromatic carbocycles. The van der Waals surface area contributed by atoms with Gasteiger partial charge in [-0.15, -0.1) is 0 Å². The molecule has 1 heterocycles. The van der Waals surface area contributed by atoms with E-state index in [2.05, 4.69) is 18.7 Å². The fraction of sp³-hybridized carbons (Fsp3) is 0.625. The summed E-state index contributed by atoms with van der Waals surface area (Å²) in [5.74, 6) is 1.04. The number of likely N-dealkylation sites (tertiary alicyclic amines) is 1. The molecule has 2 rings (SSSR count). The van der Waals surface area contributed by atoms with E-state index in [1.165, 1.54) is 38.5 Å². The highest BCUT2D eigenvalue weighted by atomic mass is 35.5. The molecule has 0 aliphatic carbocycles. The Kier molecular flexibility index (Phi) is 10.7. The number of nitrogens with zero attached hydrogens (tertiary/aromatic N) is 1. The van der Waals surface area contributed by atoms with Crippen molar-refractivity contribution >= 4 is 23.5 Å². The summed E-state index contributed by atoms with van der Waals surface area (Å²) in [6.45, 7) is 7.76. The maximum absolute atomic E-state index is 12.2. The SMILES string of the molecule is CCCCCCCCCOc1ccc(/C=C2\CN(CCC)CCC2=O)c(Cl)c1. The number of benzene rings is 1. The van der Waals surface area contributed by atoms with Crippen molar-refractivity contribution in [1.29, 1.82) is 0 Å². The van der Waals surface area contributed by atoms with Crippen molar-refractivity contribution < 1.29 is 9.53 Å². The van der Waals surface area contributed by atoms with Crippen LogP contribution in [0.15, 0.2) is 23.8 Å². The minimum absolute atomic E-state index is 0.239. The Balaban J connectivity index is 1.82. The molecule has 0 spiro atoms. The van der Waals surface area contributed by atoms with Crippen LogP contribution in [0.2, 0.25) is 5.02 Å². The van der Waals surface area contributed by atoms with Crippen molar-refractivity contribution in [2.24, 2.45) is 0 Å². The second kappa shape index (κ2) is 13.0. The topological polar surface area (TPSA) is 29.5 Å². The molecule has 3 nitrogen and oxygen atoms in total. The van der Waals surface area contributed by atoms with Crippen LogP contribution in [-0.2, 0) is 4.79 Å². The summed E-state index contributed by atoms with van der Waals surface area (Å²) in [5, 5.41) is 0.644. The van der Waals surface area contributed by atoms with Crippen LogP contribution >= 0.6 is 11.6 Å². The number of carbonyl (C=O) groups excluding carboxylic acids is 1. The van der Waals surface area contributed by atoms with E-state index in [1.54, 1.807) is 0 Å². The van der Waals surface area contributed by atoms with Crippen molar-refractivity contribution in [1.82, 2.24) is 4.90 Å². The van der Waals surface area contributed by atoms with Crippen molar-refractivity contribution in [2.75, 3.05) is 26.2 Å². The van der Waals surface area contributed by atoms with Gasteiger partial charge in [-0.2, -0.15) is 0 Å². The molecule has 1 fully saturated rings. The quantitative estimate of drug-likeness (QED) is 0.292. The van der Waals surface area contributed by atoms with Crippen LogP contribution in [0.5, 0.6) is 5.75 Å². The van der Waals surface area contributed by atoms with E-state index in [9.17, 15) is 4.79 Å². The maximum atomic E-state index is 12.2. The molecule has 0 bridgehead atoms. The number of rotatable bonds is 12. The molecule has 4 heteroatoms. The van der Waals surface area contributed by atoms with E-state index in [0.29, 0.717) is 11.4 Å². The zero-order chi connectivity index (χ0) is 20.2. The Morgan fingerprint density at radius 3 is 2.54 bits per heavy atom. The van der Waals surface area contributed by atoms with Gasteiger partial charge in [-0.05, 0) is 49.2 Å². The van der Waals surface area contributed by atoms with Gasteiger partial charge >= 0.3 is 0 Å². The number of ether oxygens (including phenoxy) is 1. The summed E-state index contributed by atoms with van der Waals surface area (Å²) >= 11 is 6.46. The number of ketones is 1. The van der Waals surface area contributed by atoms with Gasteiger partial charge in [-0.3, -0.25) is 9.69 Å². The van der Waals surface area contributed by atoms with Gasteiger partial charge < -0.3 is 4.74 Å². The van der Waals surface area contributed by atoms with Crippen molar-refractivity contribution in [3.63, 3.8) is 0 Å². The van der Waals surface area contributed by atoms with Crippen molar-refractivity contribution in [3.05, 3.63) is 34.4 Å². The first-order valence-electron chi connectivity index (χ1n) is 11.0. The van der Waals surface area contributed by atoms with E-state index in [-0.39, 0.29) is 5.78 Å². The molecule has 1 aromatic rings. The lowest BCUT2D eigenvalue weighted by atomic mass is 10.00. The first-order chi connectivity index (χ1) is 13.6. The molecular weight excluding hydrogens is 370 g/mol. The predicted octanol–water partition coefficient (Wildman–Crippen LogP) is 6.54. The van der Waals surface area contributed by atoms with Gasteiger partial charge in [0.05, 0.1) is 11.6 Å². The summed E-state index contributed by atoms with van der Waals surface area (Å²) in [6.07, 6.45) is 12.6. The minimum Gasteiger partial charge on any atom is -0.494 e. The summed E-state index contributed by atoms with van der Waals surface area (Å²) in [7, 11) is 0. The van der Waals surface area contributed by atoms with Crippen LogP contribution < -0.4 is 4.74 Å². The Morgan fingerprint density at radius 2 is 1.82 bits per heavy atom. The number of carbonyl (C=O) groups is 1. The van der Waals surface area contributed by atoms with E-state index in [1.807, 2.05) is 24.3 Å². The van der Waals surface area contributed by atoms with E-state index in [0.717, 1.165) is 56.0 Å². The molecule has 0 unspecified atom stereocenters. The van der Waals surface area contributed by atoms with Gasteiger partial charge in [-0.1, -0.05) is 64.0 Å². The highest BCUT2D eigenvalue weighted by Gasteiger charge is 2.20. The van der Waals surface area contributed by atoms with E-state index in [4.69, 9.17) is 16.3 Å². The lowest BCUT2D eigenvalue weighted by molar-refractivity contribution is -0.117. The standard InChI is InChI=1S/C24H36ClNO2/c1-3-5-6-7-8-9-10-16-28-22-12-11-20(23(25)18-22)17-21-19-26(14-4-2)15-13-24(21)27/h11-12,17-18H,3-10,13-16,19H2,1-2H3/b21-17+. The normalized spacial score (nSPS) is 16.7. The fourth-order valence-corrected chi connectivity index (χ4v) is 3.84. The maximum Gasteiger partial charge on any atom is 0.161 e. The lowest BCUT2D eigenvalue weighted by Crippen LogP contribution is -2.36. The largest absolute Gasteiger partial charge is 0.494 e. The van der Waals surface area contributed by atoms with Crippen LogP contribution in [0.3, 0.4) is 0 Å². The summed E-state index contributed by atoms with van der Waals surface area (Å²) < 4.78 is 5.85. The van der Waals surface area contributed by atoms with Gasteiger partial charge in [0.15, 0.2) is 5.78 Å². The molecule has 0 N–H and O–H groups in total. The number of Topliss-reactive ketones (excluding diaryl/α,β-unsaturated/α-hetero) is 1. The number of halogens is 1. The molecule has 28 heavy (non-hydrogen) atoms. The molecule has 1 saturated heterocycles. The molecule has 0 aromatic heterocycles. The molecule has 1 aliphatic heterocycles. The smallest absolute Gasteiger partial charge is 0.161 e. The van der Waals surface area contributed by atoms with Gasteiger partial charge in [0.1, 0.15) is 5.75 Å². The summed E-state index contributed by atoms with van der Waals surface area (Å²) in [4.78, 5) is 14.6. The third kappa shape index (κ3) is 7.97. The second-order valence-electron chi connectivity index (χ2n) is 7.77. The monoisotopic (exact) mass is 405 g/mol. The Hall–Kier alpha value is -1.32. The Morgan fingerprint density at radius 1 is 1.07 bits per heavy atom. The third-order valence-electron chi connectivity index (χ3n) is 5.27. The predicted molar refractivity (Wildman–Crippen MR) is 119 cm³/mol. The first kappa shape index (κ1) is 23.0. The molecular formula is C24H36ClNO2. The molecule has 0 radical (unpaired) electrons. The molecule has 156 valence electrons. The van der Waals surface area contributed by atoms with E-state index >= 15 is 0 Å². The zero-order valence-electron chi connectivity index (χ0n) is 17.6. The van der Waals surface area contributed by atoms with Crippen LogP contribution in [0, 0.1) is 0 Å². The molecule has 1 aliphatic rings. The lowest BCUT2D eigenvalue weighted by Gasteiger charge is -2.27. The number of unbranched alkanes of at least 4 members (excludes halogenated alkanes) is 6. The van der Waals surface area contributed by atoms with Crippen LogP contribution in [-0.4, -0.2) is 36.9 Å². The van der Waals surface area contributed by atoms with E-state index < -0.39 is 0 Å². The molecule has 0 atom stereocenters. The Labute approximate surface area is 176 Å². The van der Waals surface area contributed by atoms with Crippen LogP contribution in [0.1, 0.15) is 77.2 Å². The van der Waals surface area contributed by atoms with Crippen LogP contribution in [0.25, 0.3) is 6.08 Å². The van der Waals surface area contributed by atoms with Crippen molar-refractivity contribution in [3.8, 4) is 5.75 Å². The van der Waals surface area contributed by atoms with Crippen LogP contribution in [0.4, 0.5) is 0 Å².